The number of carboxylic acid groups (broad SMARTS) is 1. The second-order valence-corrected chi connectivity index (χ2v) is 6.90. The molecule has 1 aromatic carbocycles. The van der Waals surface area contributed by atoms with Crippen molar-refractivity contribution in [2.24, 2.45) is 5.92 Å². The van der Waals surface area contributed by atoms with E-state index in [1.165, 1.54) is 22.9 Å². The Balaban J connectivity index is 1.73. The van der Waals surface area contributed by atoms with Crippen molar-refractivity contribution >= 4 is 23.5 Å². The minimum atomic E-state index is -0.824. The third kappa shape index (κ3) is 4.14. The number of carboxylic acids is 1. The summed E-state index contributed by atoms with van der Waals surface area (Å²) in [6.07, 6.45) is 3.14. The van der Waals surface area contributed by atoms with Crippen LogP contribution >= 0.6 is 11.6 Å². The maximum atomic E-state index is 12.5. The first kappa shape index (κ1) is 18.2. The van der Waals surface area contributed by atoms with Gasteiger partial charge in [-0.25, -0.2) is 0 Å². The Morgan fingerprint density at radius 2 is 1.96 bits per heavy atom. The van der Waals surface area contributed by atoms with Crippen LogP contribution < -0.4 is 10.9 Å². The zero-order chi connectivity index (χ0) is 18.7. The van der Waals surface area contributed by atoms with Crippen molar-refractivity contribution in [3.8, 4) is 0 Å². The van der Waals surface area contributed by atoms with Gasteiger partial charge >= 0.3 is 5.97 Å². The Bertz CT molecular complexity index is 893. The van der Waals surface area contributed by atoms with Crippen molar-refractivity contribution in [1.29, 1.82) is 0 Å². The van der Waals surface area contributed by atoms with Gasteiger partial charge in [-0.05, 0) is 37.0 Å². The molecule has 6 nitrogen and oxygen atoms in total. The van der Waals surface area contributed by atoms with Crippen molar-refractivity contribution in [2.45, 2.75) is 31.8 Å². The van der Waals surface area contributed by atoms with Crippen LogP contribution in [-0.4, -0.2) is 27.6 Å². The van der Waals surface area contributed by atoms with Gasteiger partial charge in [-0.15, -0.1) is 0 Å². The lowest BCUT2D eigenvalue weighted by atomic mass is 10.1. The molecule has 2 N–H and O–H groups in total. The van der Waals surface area contributed by atoms with Gasteiger partial charge in [0.25, 0.3) is 11.5 Å². The van der Waals surface area contributed by atoms with Crippen LogP contribution in [0.5, 0.6) is 0 Å². The topological polar surface area (TPSA) is 88.4 Å². The van der Waals surface area contributed by atoms with Gasteiger partial charge in [0.1, 0.15) is 0 Å². The average Bonchev–Trinajstić information content (AvgIpc) is 3.07. The minimum absolute atomic E-state index is 0.160. The number of hydrogen-bond donors (Lipinski definition) is 2. The number of nitrogens with zero attached hydrogens (tertiary/aromatic N) is 1. The minimum Gasteiger partial charge on any atom is -0.481 e. The molecule has 2 atom stereocenters. The summed E-state index contributed by atoms with van der Waals surface area (Å²) in [6, 6.07) is 9.88. The Kier molecular flexibility index (Phi) is 5.42. The predicted octanol–water partition coefficient (Wildman–Crippen LogP) is 2.53. The summed E-state index contributed by atoms with van der Waals surface area (Å²) in [5.74, 6) is -1.54. The first-order valence-corrected chi connectivity index (χ1v) is 8.79. The monoisotopic (exact) mass is 374 g/mol. The van der Waals surface area contributed by atoms with Crippen LogP contribution in [0.15, 0.2) is 47.4 Å². The number of aliphatic carboxylic acids is 1. The average molecular weight is 375 g/mol. The summed E-state index contributed by atoms with van der Waals surface area (Å²) in [5.41, 5.74) is 0.914. The molecular formula is C19H19ClN2O4. The molecule has 1 aromatic heterocycles. The maximum Gasteiger partial charge on any atom is 0.306 e. The zero-order valence-electron chi connectivity index (χ0n) is 14.0. The van der Waals surface area contributed by atoms with E-state index < -0.39 is 11.9 Å². The van der Waals surface area contributed by atoms with Crippen LogP contribution in [0.3, 0.4) is 0 Å². The third-order valence-electron chi connectivity index (χ3n) is 4.66. The van der Waals surface area contributed by atoms with Crippen LogP contribution in [0, 0.1) is 5.92 Å². The number of hydrogen-bond acceptors (Lipinski definition) is 3. The Morgan fingerprint density at radius 1 is 1.19 bits per heavy atom. The summed E-state index contributed by atoms with van der Waals surface area (Å²) in [7, 11) is 0. The lowest BCUT2D eigenvalue weighted by Gasteiger charge is -2.14. The van der Waals surface area contributed by atoms with Gasteiger partial charge in [0.15, 0.2) is 0 Å². The molecule has 1 fully saturated rings. The molecule has 26 heavy (non-hydrogen) atoms. The Labute approximate surface area is 155 Å². The lowest BCUT2D eigenvalue weighted by Crippen LogP contribution is -2.34. The summed E-state index contributed by atoms with van der Waals surface area (Å²) in [6.45, 7) is 0.268. The fraction of sp³-hybridized carbons (Fsp3) is 0.316. The summed E-state index contributed by atoms with van der Waals surface area (Å²) in [5, 5.41) is 12.5. The molecule has 0 spiro atoms. The van der Waals surface area contributed by atoms with Crippen LogP contribution in [-0.2, 0) is 11.3 Å². The number of benzene rings is 1. The number of nitrogens with one attached hydrogen (secondary N) is 1. The highest BCUT2D eigenvalue weighted by Crippen LogP contribution is 2.25. The Hall–Kier alpha value is -2.60. The van der Waals surface area contributed by atoms with E-state index in [1.807, 2.05) is 18.2 Å². The van der Waals surface area contributed by atoms with Gasteiger partial charge in [0, 0.05) is 23.3 Å². The molecule has 0 unspecified atom stereocenters. The van der Waals surface area contributed by atoms with Gasteiger partial charge in [0.2, 0.25) is 0 Å². The summed E-state index contributed by atoms with van der Waals surface area (Å²) in [4.78, 5) is 35.6. The van der Waals surface area contributed by atoms with Crippen molar-refractivity contribution in [3.05, 3.63) is 69.1 Å². The van der Waals surface area contributed by atoms with Crippen LogP contribution in [0.1, 0.15) is 35.2 Å². The van der Waals surface area contributed by atoms with Crippen molar-refractivity contribution in [2.75, 3.05) is 0 Å². The highest BCUT2D eigenvalue weighted by Gasteiger charge is 2.30. The van der Waals surface area contributed by atoms with Gasteiger partial charge in [-0.3, -0.25) is 14.4 Å². The molecule has 0 saturated heterocycles. The van der Waals surface area contributed by atoms with Crippen LogP contribution in [0.25, 0.3) is 0 Å². The van der Waals surface area contributed by atoms with Crippen LogP contribution in [0.4, 0.5) is 0 Å². The molecule has 1 heterocycles. The van der Waals surface area contributed by atoms with E-state index in [-0.39, 0.29) is 24.1 Å². The fourth-order valence-corrected chi connectivity index (χ4v) is 3.40. The highest BCUT2D eigenvalue weighted by atomic mass is 35.5. The van der Waals surface area contributed by atoms with E-state index in [9.17, 15) is 14.4 Å². The smallest absolute Gasteiger partial charge is 0.306 e. The lowest BCUT2D eigenvalue weighted by molar-refractivity contribution is -0.141. The summed E-state index contributed by atoms with van der Waals surface area (Å²) < 4.78 is 1.44. The Morgan fingerprint density at radius 3 is 2.65 bits per heavy atom. The number of halogens is 1. The molecule has 0 radical (unpaired) electrons. The largest absolute Gasteiger partial charge is 0.481 e. The van der Waals surface area contributed by atoms with Crippen LogP contribution in [0.2, 0.25) is 5.02 Å². The quantitative estimate of drug-likeness (QED) is 0.841. The van der Waals surface area contributed by atoms with Crippen molar-refractivity contribution in [1.82, 2.24) is 9.88 Å². The van der Waals surface area contributed by atoms with Gasteiger partial charge in [0.05, 0.1) is 18.0 Å². The number of amides is 1. The molecule has 1 aliphatic rings. The molecule has 7 heteroatoms. The molecule has 3 rings (SSSR count). The van der Waals surface area contributed by atoms with E-state index in [0.717, 1.165) is 5.56 Å². The number of carbonyl (C=O) groups excluding carboxylic acids is 1. The van der Waals surface area contributed by atoms with Crippen molar-refractivity contribution < 1.29 is 14.7 Å². The van der Waals surface area contributed by atoms with E-state index >= 15 is 0 Å². The molecule has 136 valence electrons. The normalized spacial score (nSPS) is 19.3. The second kappa shape index (κ2) is 7.74. The maximum absolute atomic E-state index is 12.5. The number of pyridine rings is 1. The SMILES string of the molecule is O=C(N[C@@H]1CC[C@H](C(=O)O)C1)c1ccc(=O)n(Cc2ccccc2Cl)c1. The molecule has 0 aliphatic heterocycles. The molecule has 0 bridgehead atoms. The fourth-order valence-electron chi connectivity index (χ4n) is 3.21. The molecule has 1 saturated carbocycles. The molecule has 2 aromatic rings. The number of aromatic nitrogens is 1. The second-order valence-electron chi connectivity index (χ2n) is 6.49. The standard InChI is InChI=1S/C19H19ClN2O4/c20-16-4-2-1-3-13(16)10-22-11-14(6-8-17(22)23)18(24)21-15-7-5-12(9-15)19(25)26/h1-4,6,8,11-12,15H,5,7,9-10H2,(H,21,24)(H,25,26)/t12-,15+/m0/s1. The van der Waals surface area contributed by atoms with E-state index in [4.69, 9.17) is 16.7 Å². The van der Waals surface area contributed by atoms with E-state index in [0.29, 0.717) is 29.8 Å². The summed E-state index contributed by atoms with van der Waals surface area (Å²) >= 11 is 6.14. The van der Waals surface area contributed by atoms with E-state index in [1.54, 1.807) is 6.07 Å². The van der Waals surface area contributed by atoms with Gasteiger partial charge in [-0.1, -0.05) is 29.8 Å². The van der Waals surface area contributed by atoms with Crippen molar-refractivity contribution in [3.63, 3.8) is 0 Å². The van der Waals surface area contributed by atoms with Gasteiger partial charge in [-0.2, -0.15) is 0 Å². The number of carbonyl (C=O) groups is 2. The van der Waals surface area contributed by atoms with E-state index in [2.05, 4.69) is 5.32 Å². The highest BCUT2D eigenvalue weighted by molar-refractivity contribution is 6.31. The molecule has 1 amide bonds. The van der Waals surface area contributed by atoms with Gasteiger partial charge < -0.3 is 15.0 Å². The molecule has 1 aliphatic carbocycles. The molecular weight excluding hydrogens is 356 g/mol. The predicted molar refractivity (Wildman–Crippen MR) is 97.5 cm³/mol. The zero-order valence-corrected chi connectivity index (χ0v) is 14.8. The third-order valence-corrected chi connectivity index (χ3v) is 5.03. The first-order chi connectivity index (χ1) is 12.4. The number of rotatable bonds is 5. The first-order valence-electron chi connectivity index (χ1n) is 8.41.